The molecule has 0 atom stereocenters. The molecule has 1 fully saturated rings. The molecular formula is C13H12Cl2FN3O3. The molecule has 1 aromatic carbocycles. The Morgan fingerprint density at radius 1 is 1.27 bits per heavy atom. The van der Waals surface area contributed by atoms with E-state index in [9.17, 15) is 4.39 Å². The van der Waals surface area contributed by atoms with Gasteiger partial charge in [0.1, 0.15) is 0 Å². The van der Waals surface area contributed by atoms with E-state index in [-0.39, 0.29) is 22.4 Å². The normalized spacial score (nSPS) is 15.1. The lowest BCUT2D eigenvalue weighted by Crippen LogP contribution is -2.36. The predicted octanol–water partition coefficient (Wildman–Crippen LogP) is 2.93. The molecular weight excluding hydrogens is 336 g/mol. The van der Waals surface area contributed by atoms with Crippen molar-refractivity contribution < 1.29 is 18.4 Å². The zero-order valence-corrected chi connectivity index (χ0v) is 12.9. The van der Waals surface area contributed by atoms with Crippen molar-refractivity contribution in [3.63, 3.8) is 0 Å². The summed E-state index contributed by atoms with van der Waals surface area (Å²) in [4.78, 5) is 6.11. The molecule has 0 spiro atoms. The molecule has 9 heteroatoms. The maximum Gasteiger partial charge on any atom is 0.324 e. The Kier molecular flexibility index (Phi) is 4.66. The summed E-state index contributed by atoms with van der Waals surface area (Å²) in [5, 5.41) is 4.08. The molecule has 2 heterocycles. The van der Waals surface area contributed by atoms with Crippen molar-refractivity contribution in [1.29, 1.82) is 0 Å². The molecule has 0 saturated carbocycles. The van der Waals surface area contributed by atoms with Gasteiger partial charge in [-0.3, -0.25) is 0 Å². The highest BCUT2D eigenvalue weighted by Crippen LogP contribution is 2.31. The summed E-state index contributed by atoms with van der Waals surface area (Å²) in [5.74, 6) is -0.440. The molecule has 1 aliphatic rings. The third kappa shape index (κ3) is 3.43. The number of rotatable bonds is 4. The van der Waals surface area contributed by atoms with Crippen molar-refractivity contribution in [2.75, 3.05) is 31.2 Å². The van der Waals surface area contributed by atoms with E-state index in [1.807, 2.05) is 4.90 Å². The van der Waals surface area contributed by atoms with Gasteiger partial charge in [-0.1, -0.05) is 28.4 Å². The van der Waals surface area contributed by atoms with Gasteiger partial charge in [-0.15, -0.1) is 0 Å². The van der Waals surface area contributed by atoms with E-state index in [2.05, 4.69) is 10.1 Å². The molecule has 1 saturated heterocycles. The fraction of sp³-hybridized carbons (Fsp3) is 0.385. The van der Waals surface area contributed by atoms with Crippen molar-refractivity contribution in [3.8, 4) is 5.75 Å². The zero-order chi connectivity index (χ0) is 15.5. The van der Waals surface area contributed by atoms with Crippen LogP contribution in [0.25, 0.3) is 0 Å². The first-order valence-corrected chi connectivity index (χ1v) is 7.31. The van der Waals surface area contributed by atoms with Gasteiger partial charge in [0.05, 0.1) is 18.2 Å². The van der Waals surface area contributed by atoms with Gasteiger partial charge in [-0.25, -0.2) is 4.39 Å². The second-order valence-electron chi connectivity index (χ2n) is 4.58. The summed E-state index contributed by atoms with van der Waals surface area (Å²) in [6.45, 7) is 2.52. The molecule has 6 nitrogen and oxygen atoms in total. The minimum absolute atomic E-state index is 0.0634. The zero-order valence-electron chi connectivity index (χ0n) is 11.4. The largest absolute Gasteiger partial charge is 0.481 e. The fourth-order valence-electron chi connectivity index (χ4n) is 1.99. The highest BCUT2D eigenvalue weighted by molar-refractivity contribution is 6.35. The molecule has 0 aliphatic carbocycles. The molecule has 0 unspecified atom stereocenters. The highest BCUT2D eigenvalue weighted by atomic mass is 35.5. The van der Waals surface area contributed by atoms with Crippen LogP contribution in [0.15, 0.2) is 16.7 Å². The molecule has 0 N–H and O–H groups in total. The van der Waals surface area contributed by atoms with Crippen LogP contribution in [0.1, 0.15) is 5.82 Å². The lowest BCUT2D eigenvalue weighted by atomic mass is 10.3. The number of benzene rings is 1. The minimum atomic E-state index is -0.644. The van der Waals surface area contributed by atoms with Gasteiger partial charge < -0.3 is 18.9 Å². The highest BCUT2D eigenvalue weighted by Gasteiger charge is 2.18. The van der Waals surface area contributed by atoms with Crippen LogP contribution in [0.2, 0.25) is 10.0 Å². The van der Waals surface area contributed by atoms with Crippen LogP contribution in [0, 0.1) is 5.82 Å². The molecule has 118 valence electrons. The number of halogens is 3. The summed E-state index contributed by atoms with van der Waals surface area (Å²) in [7, 11) is 0. The van der Waals surface area contributed by atoms with E-state index in [1.54, 1.807) is 0 Å². The Morgan fingerprint density at radius 3 is 2.77 bits per heavy atom. The number of hydrogen-bond acceptors (Lipinski definition) is 6. The SMILES string of the molecule is Fc1cc(Cl)cc(Cl)c1OCc1noc(N2CCOCC2)n1. The molecule has 1 aromatic heterocycles. The Labute approximate surface area is 135 Å². The van der Waals surface area contributed by atoms with Crippen molar-refractivity contribution in [1.82, 2.24) is 10.1 Å². The van der Waals surface area contributed by atoms with Gasteiger partial charge in [0.2, 0.25) is 5.82 Å². The van der Waals surface area contributed by atoms with Crippen molar-refractivity contribution in [2.24, 2.45) is 0 Å². The van der Waals surface area contributed by atoms with Gasteiger partial charge in [-0.2, -0.15) is 4.98 Å². The first kappa shape index (κ1) is 15.3. The molecule has 22 heavy (non-hydrogen) atoms. The molecule has 0 amide bonds. The number of anilines is 1. The van der Waals surface area contributed by atoms with Gasteiger partial charge >= 0.3 is 6.01 Å². The smallest absolute Gasteiger partial charge is 0.324 e. The van der Waals surface area contributed by atoms with E-state index >= 15 is 0 Å². The Morgan fingerprint density at radius 2 is 2.05 bits per heavy atom. The van der Waals surface area contributed by atoms with Crippen molar-refractivity contribution >= 4 is 29.2 Å². The van der Waals surface area contributed by atoms with E-state index < -0.39 is 5.82 Å². The van der Waals surface area contributed by atoms with E-state index in [0.29, 0.717) is 38.1 Å². The van der Waals surface area contributed by atoms with E-state index in [0.717, 1.165) is 6.07 Å². The van der Waals surface area contributed by atoms with Crippen LogP contribution in [-0.4, -0.2) is 36.4 Å². The van der Waals surface area contributed by atoms with Crippen molar-refractivity contribution in [2.45, 2.75) is 6.61 Å². The third-order valence-corrected chi connectivity index (χ3v) is 3.55. The monoisotopic (exact) mass is 347 g/mol. The second kappa shape index (κ2) is 6.68. The number of hydrogen-bond donors (Lipinski definition) is 0. The summed E-state index contributed by atoms with van der Waals surface area (Å²) in [5.41, 5.74) is 0. The fourth-order valence-corrected chi connectivity index (χ4v) is 2.51. The standard InChI is InChI=1S/C13H12Cl2FN3O3/c14-8-5-9(15)12(10(16)6-8)21-7-11-17-13(22-18-11)19-1-3-20-4-2-19/h5-6H,1-4,7H2. The predicted molar refractivity (Wildman–Crippen MR) is 78.1 cm³/mol. The Hall–Kier alpha value is -1.57. The van der Waals surface area contributed by atoms with Gasteiger partial charge in [0, 0.05) is 18.1 Å². The Balaban J connectivity index is 1.66. The minimum Gasteiger partial charge on any atom is -0.481 e. The maximum atomic E-state index is 13.7. The molecule has 2 aromatic rings. The summed E-state index contributed by atoms with van der Waals surface area (Å²) >= 11 is 11.6. The van der Waals surface area contributed by atoms with Crippen LogP contribution in [-0.2, 0) is 11.3 Å². The first-order valence-electron chi connectivity index (χ1n) is 6.56. The van der Waals surface area contributed by atoms with Crippen molar-refractivity contribution in [3.05, 3.63) is 33.8 Å². The summed E-state index contributed by atoms with van der Waals surface area (Å²) in [6, 6.07) is 2.92. The molecule has 3 rings (SSSR count). The average Bonchev–Trinajstić information content (AvgIpc) is 2.96. The van der Waals surface area contributed by atoms with Gasteiger partial charge in [-0.05, 0) is 12.1 Å². The maximum absolute atomic E-state index is 13.7. The molecule has 0 bridgehead atoms. The first-order chi connectivity index (χ1) is 10.6. The second-order valence-corrected chi connectivity index (χ2v) is 5.42. The molecule has 1 aliphatic heterocycles. The number of aromatic nitrogens is 2. The lowest BCUT2D eigenvalue weighted by molar-refractivity contribution is 0.119. The Bertz CT molecular complexity index is 639. The third-order valence-electron chi connectivity index (χ3n) is 3.05. The van der Waals surface area contributed by atoms with Crippen LogP contribution >= 0.6 is 23.2 Å². The van der Waals surface area contributed by atoms with Crippen LogP contribution < -0.4 is 9.64 Å². The number of ether oxygens (including phenoxy) is 2. The van der Waals surface area contributed by atoms with Gasteiger partial charge in [0.15, 0.2) is 18.2 Å². The lowest BCUT2D eigenvalue weighted by Gasteiger charge is -2.24. The quantitative estimate of drug-likeness (QED) is 0.847. The summed E-state index contributed by atoms with van der Waals surface area (Å²) < 4.78 is 29.4. The summed E-state index contributed by atoms with van der Waals surface area (Å²) in [6.07, 6.45) is 0. The van der Waals surface area contributed by atoms with E-state index in [1.165, 1.54) is 6.07 Å². The van der Waals surface area contributed by atoms with Crippen LogP contribution in [0.4, 0.5) is 10.4 Å². The molecule has 0 radical (unpaired) electrons. The van der Waals surface area contributed by atoms with Crippen LogP contribution in [0.5, 0.6) is 5.75 Å². The van der Waals surface area contributed by atoms with Crippen LogP contribution in [0.3, 0.4) is 0 Å². The van der Waals surface area contributed by atoms with Gasteiger partial charge in [0.25, 0.3) is 0 Å². The number of morpholine rings is 1. The average molecular weight is 348 g/mol. The van der Waals surface area contributed by atoms with E-state index in [4.69, 9.17) is 37.2 Å². The topological polar surface area (TPSA) is 60.6 Å². The number of nitrogens with zero attached hydrogens (tertiary/aromatic N) is 3.